The Kier molecular flexibility index (Phi) is 9.20. The molecule has 1 N–H and O–H groups in total. The van der Waals surface area contributed by atoms with E-state index >= 15 is 4.39 Å². The van der Waals surface area contributed by atoms with Crippen molar-refractivity contribution in [3.05, 3.63) is 78.4 Å². The maximum Gasteiger partial charge on any atom is 0.446 e. The number of hydrogen-bond donors (Lipinski definition) is 1. The van der Waals surface area contributed by atoms with Crippen LogP contribution >= 0.6 is 23.5 Å². The van der Waals surface area contributed by atoms with Gasteiger partial charge >= 0.3 is 11.5 Å². The number of amidine groups is 1. The van der Waals surface area contributed by atoms with Crippen LogP contribution in [0.5, 0.6) is 0 Å². The van der Waals surface area contributed by atoms with Crippen LogP contribution in [0.3, 0.4) is 0 Å². The molecular weight excluding hydrogens is 631 g/mol. The summed E-state index contributed by atoms with van der Waals surface area (Å²) in [5.41, 5.74) is -1.32. The van der Waals surface area contributed by atoms with Gasteiger partial charge in [0, 0.05) is 30.2 Å². The molecule has 4 aromatic rings. The van der Waals surface area contributed by atoms with Crippen molar-refractivity contribution < 1.29 is 27.2 Å². The minimum absolute atomic E-state index is 0.0288. The number of aliphatic imine (C=N–C) groups is 1. The number of rotatable bonds is 7. The molecule has 15 heteroatoms. The molecule has 0 unspecified atom stereocenters. The molecule has 1 aromatic heterocycles. The van der Waals surface area contributed by atoms with E-state index in [4.69, 9.17) is 0 Å². The molecule has 45 heavy (non-hydrogen) atoms. The number of nitrogens with zero attached hydrogens (tertiary/aromatic N) is 6. The smallest absolute Gasteiger partial charge is 0.378 e. The van der Waals surface area contributed by atoms with Gasteiger partial charge in [0.1, 0.15) is 12.1 Å². The van der Waals surface area contributed by atoms with Crippen LogP contribution < -0.4 is 15.1 Å². The lowest BCUT2D eigenvalue weighted by Crippen LogP contribution is -2.31. The number of amides is 3. The van der Waals surface area contributed by atoms with E-state index in [0.717, 1.165) is 29.1 Å². The highest BCUT2D eigenvalue weighted by molar-refractivity contribution is 8.15. The van der Waals surface area contributed by atoms with E-state index < -0.39 is 17.4 Å². The molecule has 0 spiro atoms. The summed E-state index contributed by atoms with van der Waals surface area (Å²) in [4.78, 5) is 37.5. The van der Waals surface area contributed by atoms with E-state index in [1.807, 2.05) is 51.0 Å². The average Bonchev–Trinajstić information content (AvgIpc) is 3.60. The Hall–Kier alpha value is -4.37. The number of alkyl halides is 3. The molecule has 1 aliphatic rings. The topological polar surface area (TPSA) is 95.7 Å². The van der Waals surface area contributed by atoms with Gasteiger partial charge in [-0.25, -0.2) is 18.9 Å². The lowest BCUT2D eigenvalue weighted by Gasteiger charge is -2.24. The SMILES string of the molecule is CC(C)c1ccc(N(C)C)cc1N1C(=O)CSC1=NC(=O)Nc1ccc(-c2ncn(-c3ccc(SC(F)(F)F)cc3)n2)cc1F. The number of carbonyl (C=O) groups is 2. The second kappa shape index (κ2) is 12.9. The Morgan fingerprint density at radius 1 is 1.09 bits per heavy atom. The number of aromatic nitrogens is 3. The molecule has 1 saturated heterocycles. The molecule has 0 saturated carbocycles. The standard InChI is InChI=1S/C30H27F4N7O2S2/c1-17(2)22-11-8-20(39(3)4)14-25(22)41-26(42)15-44-29(41)37-28(43)36-24-12-5-18(13-23(24)31)27-35-16-40(38-27)19-6-9-21(10-7-19)45-30(32,33)34/h5-14,16-17H,15H2,1-4H3,(H,36,43). The van der Waals surface area contributed by atoms with Gasteiger partial charge < -0.3 is 10.2 Å². The summed E-state index contributed by atoms with van der Waals surface area (Å²) in [7, 11) is 3.78. The van der Waals surface area contributed by atoms with Crippen molar-refractivity contribution in [3.8, 4) is 17.1 Å². The van der Waals surface area contributed by atoms with Crippen LogP contribution in [0.25, 0.3) is 17.1 Å². The van der Waals surface area contributed by atoms with Gasteiger partial charge in [-0.05, 0) is 77.8 Å². The fourth-order valence-electron chi connectivity index (χ4n) is 4.48. The highest BCUT2D eigenvalue weighted by Crippen LogP contribution is 2.38. The monoisotopic (exact) mass is 657 g/mol. The van der Waals surface area contributed by atoms with Crippen molar-refractivity contribution in [2.45, 2.75) is 30.2 Å². The van der Waals surface area contributed by atoms with Crippen LogP contribution in [-0.4, -0.2) is 57.2 Å². The Bertz CT molecular complexity index is 1770. The van der Waals surface area contributed by atoms with E-state index in [1.54, 1.807) is 0 Å². The first-order chi connectivity index (χ1) is 21.3. The van der Waals surface area contributed by atoms with E-state index in [0.29, 0.717) is 16.9 Å². The fraction of sp³-hybridized carbons (Fsp3) is 0.233. The van der Waals surface area contributed by atoms with Crippen LogP contribution in [0.1, 0.15) is 25.3 Å². The quantitative estimate of drug-likeness (QED) is 0.162. The number of thioether (sulfide) groups is 2. The molecule has 234 valence electrons. The van der Waals surface area contributed by atoms with Gasteiger partial charge in [0.05, 0.1) is 22.8 Å². The summed E-state index contributed by atoms with van der Waals surface area (Å²) < 4.78 is 54.2. The Labute approximate surface area is 264 Å². The normalized spacial score (nSPS) is 14.5. The van der Waals surface area contributed by atoms with Crippen molar-refractivity contribution in [2.75, 3.05) is 35.0 Å². The van der Waals surface area contributed by atoms with Gasteiger partial charge in [0.25, 0.3) is 0 Å². The molecule has 0 aliphatic carbocycles. The minimum atomic E-state index is -4.39. The predicted octanol–water partition coefficient (Wildman–Crippen LogP) is 7.54. The van der Waals surface area contributed by atoms with Crippen LogP contribution in [0.2, 0.25) is 0 Å². The molecule has 0 radical (unpaired) electrons. The van der Waals surface area contributed by atoms with Gasteiger partial charge in [0.2, 0.25) is 5.91 Å². The molecule has 1 fully saturated rings. The van der Waals surface area contributed by atoms with Crippen LogP contribution in [0.4, 0.5) is 39.4 Å². The van der Waals surface area contributed by atoms with Crippen molar-refractivity contribution in [1.82, 2.24) is 14.8 Å². The summed E-state index contributed by atoms with van der Waals surface area (Å²) in [5.74, 6) is -0.615. The zero-order chi connectivity index (χ0) is 32.5. The van der Waals surface area contributed by atoms with E-state index in [9.17, 15) is 22.8 Å². The number of nitrogens with one attached hydrogen (secondary N) is 1. The van der Waals surface area contributed by atoms with Gasteiger partial charge in [-0.1, -0.05) is 31.7 Å². The van der Waals surface area contributed by atoms with E-state index in [2.05, 4.69) is 20.4 Å². The van der Waals surface area contributed by atoms with Crippen LogP contribution in [0.15, 0.2) is 76.9 Å². The first kappa shape index (κ1) is 32.0. The first-order valence-electron chi connectivity index (χ1n) is 13.5. The second-order valence-electron chi connectivity index (χ2n) is 10.4. The minimum Gasteiger partial charge on any atom is -0.378 e. The number of halogens is 4. The number of hydrogen-bond acceptors (Lipinski definition) is 7. The maximum absolute atomic E-state index is 15.1. The average molecular weight is 658 g/mol. The van der Waals surface area contributed by atoms with Crippen LogP contribution in [0, 0.1) is 5.82 Å². The highest BCUT2D eigenvalue weighted by atomic mass is 32.2. The zero-order valence-corrected chi connectivity index (χ0v) is 26.1. The summed E-state index contributed by atoms with van der Waals surface area (Å²) in [6.07, 6.45) is 1.36. The van der Waals surface area contributed by atoms with Gasteiger partial charge in [-0.15, -0.1) is 5.10 Å². The number of anilines is 3. The van der Waals surface area contributed by atoms with Gasteiger partial charge in [-0.2, -0.15) is 18.2 Å². The third-order valence-electron chi connectivity index (χ3n) is 6.65. The molecule has 2 heterocycles. The molecule has 9 nitrogen and oxygen atoms in total. The number of benzene rings is 3. The highest BCUT2D eigenvalue weighted by Gasteiger charge is 2.33. The largest absolute Gasteiger partial charge is 0.446 e. The van der Waals surface area contributed by atoms with Gasteiger partial charge in [0.15, 0.2) is 11.0 Å². The summed E-state index contributed by atoms with van der Waals surface area (Å²) >= 11 is 0.902. The Morgan fingerprint density at radius 2 is 1.82 bits per heavy atom. The number of urea groups is 1. The third-order valence-corrected chi connectivity index (χ3v) is 8.31. The molecule has 3 aromatic carbocycles. The van der Waals surface area contributed by atoms with Gasteiger partial charge in [-0.3, -0.25) is 9.69 Å². The van der Waals surface area contributed by atoms with Crippen LogP contribution in [-0.2, 0) is 4.79 Å². The van der Waals surface area contributed by atoms with Crippen molar-refractivity contribution in [3.63, 3.8) is 0 Å². The number of carbonyl (C=O) groups excluding carboxylic acids is 2. The molecule has 0 bridgehead atoms. The lowest BCUT2D eigenvalue weighted by molar-refractivity contribution is -0.115. The zero-order valence-electron chi connectivity index (χ0n) is 24.5. The molecule has 5 rings (SSSR count). The van der Waals surface area contributed by atoms with E-state index in [1.165, 1.54) is 52.3 Å². The lowest BCUT2D eigenvalue weighted by atomic mass is 9.99. The predicted molar refractivity (Wildman–Crippen MR) is 170 cm³/mol. The third kappa shape index (κ3) is 7.48. The van der Waals surface area contributed by atoms with E-state index in [-0.39, 0.29) is 50.9 Å². The summed E-state index contributed by atoms with van der Waals surface area (Å²) in [5, 5.41) is 6.91. The second-order valence-corrected chi connectivity index (χ2v) is 12.5. The Balaban J connectivity index is 1.32. The fourth-order valence-corrected chi connectivity index (χ4v) is 5.88. The summed E-state index contributed by atoms with van der Waals surface area (Å²) in [6.45, 7) is 4.02. The molecule has 3 amide bonds. The first-order valence-corrected chi connectivity index (χ1v) is 15.3. The summed E-state index contributed by atoms with van der Waals surface area (Å²) in [6, 6.07) is 14.5. The van der Waals surface area contributed by atoms with Crippen molar-refractivity contribution in [1.29, 1.82) is 0 Å². The van der Waals surface area contributed by atoms with Crippen molar-refractivity contribution >= 4 is 57.7 Å². The molecule has 1 aliphatic heterocycles. The Morgan fingerprint density at radius 3 is 2.47 bits per heavy atom. The van der Waals surface area contributed by atoms with Crippen molar-refractivity contribution in [2.24, 2.45) is 4.99 Å². The maximum atomic E-state index is 15.1. The molecular formula is C30H27F4N7O2S2. The molecule has 0 atom stereocenters.